The number of hydrogen-bond donors (Lipinski definition) is 1. The van der Waals surface area contributed by atoms with Gasteiger partial charge in [-0.3, -0.25) is 4.90 Å². The lowest BCUT2D eigenvalue weighted by atomic mass is 9.96. The quantitative estimate of drug-likeness (QED) is 0.770. The number of nitrogens with zero attached hydrogens (tertiary/aromatic N) is 2. The highest BCUT2D eigenvalue weighted by molar-refractivity contribution is 5.93. The normalized spacial score (nSPS) is 28.9. The van der Waals surface area contributed by atoms with Gasteiger partial charge in [-0.05, 0) is 45.9 Å². The summed E-state index contributed by atoms with van der Waals surface area (Å²) in [7, 11) is 4.37. The molecule has 0 spiro atoms. The molecule has 1 aliphatic heterocycles. The summed E-state index contributed by atoms with van der Waals surface area (Å²) < 4.78 is 0. The molecule has 1 fully saturated rings. The van der Waals surface area contributed by atoms with Crippen LogP contribution in [0.3, 0.4) is 0 Å². The van der Waals surface area contributed by atoms with Gasteiger partial charge in [-0.1, -0.05) is 6.08 Å². The predicted molar refractivity (Wildman–Crippen MR) is 68.2 cm³/mol. The van der Waals surface area contributed by atoms with Crippen molar-refractivity contribution in [1.29, 1.82) is 5.41 Å². The minimum absolute atomic E-state index is 0.595. The lowest BCUT2D eigenvalue weighted by Gasteiger charge is -2.39. The van der Waals surface area contributed by atoms with Crippen molar-refractivity contribution in [2.75, 3.05) is 27.2 Å². The summed E-state index contributed by atoms with van der Waals surface area (Å²) in [6.07, 6.45) is 8.88. The summed E-state index contributed by atoms with van der Waals surface area (Å²) >= 11 is 0. The van der Waals surface area contributed by atoms with E-state index in [-0.39, 0.29) is 0 Å². The maximum absolute atomic E-state index is 7.57. The van der Waals surface area contributed by atoms with Gasteiger partial charge < -0.3 is 10.3 Å². The van der Waals surface area contributed by atoms with Gasteiger partial charge in [0.2, 0.25) is 0 Å². The van der Waals surface area contributed by atoms with Crippen LogP contribution in [0.5, 0.6) is 0 Å². The van der Waals surface area contributed by atoms with Crippen molar-refractivity contribution < 1.29 is 0 Å². The van der Waals surface area contributed by atoms with Crippen molar-refractivity contribution in [2.24, 2.45) is 0 Å². The molecule has 3 heteroatoms. The molecule has 1 saturated heterocycles. The van der Waals surface area contributed by atoms with Crippen LogP contribution in [0.2, 0.25) is 0 Å². The van der Waals surface area contributed by atoms with Crippen LogP contribution in [0.15, 0.2) is 12.2 Å². The van der Waals surface area contributed by atoms with E-state index >= 15 is 0 Å². The second-order valence-electron chi connectivity index (χ2n) is 5.22. The molecule has 0 radical (unpaired) electrons. The molecule has 0 aromatic carbocycles. The number of rotatable bonds is 2. The van der Waals surface area contributed by atoms with Crippen molar-refractivity contribution in [2.45, 2.75) is 37.8 Å². The maximum atomic E-state index is 7.57. The molecule has 1 atom stereocenters. The number of piperidine rings is 1. The van der Waals surface area contributed by atoms with Crippen molar-refractivity contribution >= 4 is 5.71 Å². The number of hydrogen-bond acceptors (Lipinski definition) is 3. The molecule has 0 bridgehead atoms. The van der Waals surface area contributed by atoms with E-state index in [1.165, 1.54) is 25.9 Å². The Bertz CT molecular complexity index is 275. The Hall–Kier alpha value is -0.670. The number of likely N-dealkylation sites (tertiary alicyclic amines) is 1. The second kappa shape index (κ2) is 5.11. The third-order valence-electron chi connectivity index (χ3n) is 3.93. The molecule has 0 aromatic rings. The van der Waals surface area contributed by atoms with Crippen LogP contribution < -0.4 is 0 Å². The van der Waals surface area contributed by atoms with E-state index in [1.54, 1.807) is 0 Å². The topological polar surface area (TPSA) is 30.3 Å². The average Bonchev–Trinajstić information content (AvgIpc) is 2.30. The largest absolute Gasteiger partial charge is 0.306 e. The fourth-order valence-electron chi connectivity index (χ4n) is 2.75. The van der Waals surface area contributed by atoms with Crippen LogP contribution >= 0.6 is 0 Å². The SMILES string of the molecule is CN(C)C1CCN(C2C=CC(=N)CC2)CC1. The van der Waals surface area contributed by atoms with Gasteiger partial charge in [0.05, 0.1) is 0 Å². The first-order valence-electron chi connectivity index (χ1n) is 6.33. The van der Waals surface area contributed by atoms with Crippen LogP contribution in [0, 0.1) is 5.41 Å². The summed E-state index contributed by atoms with van der Waals surface area (Å²) in [5, 5.41) is 7.57. The molecular formula is C13H23N3. The molecule has 0 saturated carbocycles. The van der Waals surface area contributed by atoms with E-state index in [0.717, 1.165) is 24.6 Å². The van der Waals surface area contributed by atoms with Gasteiger partial charge in [-0.25, -0.2) is 0 Å². The molecule has 2 aliphatic rings. The first-order chi connectivity index (χ1) is 7.66. The first-order valence-corrected chi connectivity index (χ1v) is 6.33. The van der Waals surface area contributed by atoms with Gasteiger partial charge >= 0.3 is 0 Å². The number of allylic oxidation sites excluding steroid dienone is 1. The van der Waals surface area contributed by atoms with E-state index in [1.807, 2.05) is 6.08 Å². The van der Waals surface area contributed by atoms with Crippen LogP contribution in [0.4, 0.5) is 0 Å². The predicted octanol–water partition coefficient (Wildman–Crippen LogP) is 1.75. The van der Waals surface area contributed by atoms with E-state index in [0.29, 0.717) is 6.04 Å². The monoisotopic (exact) mass is 221 g/mol. The minimum atomic E-state index is 0.595. The number of nitrogens with one attached hydrogen (secondary N) is 1. The highest BCUT2D eigenvalue weighted by Crippen LogP contribution is 2.21. The van der Waals surface area contributed by atoms with Crippen molar-refractivity contribution in [3.05, 3.63) is 12.2 Å². The van der Waals surface area contributed by atoms with Crippen molar-refractivity contribution in [3.63, 3.8) is 0 Å². The van der Waals surface area contributed by atoms with Crippen LogP contribution in [0.25, 0.3) is 0 Å². The lowest BCUT2D eigenvalue weighted by Crippen LogP contribution is -2.46. The molecule has 16 heavy (non-hydrogen) atoms. The Morgan fingerprint density at radius 2 is 1.94 bits per heavy atom. The van der Waals surface area contributed by atoms with E-state index in [2.05, 4.69) is 30.0 Å². The summed E-state index contributed by atoms with van der Waals surface area (Å²) in [5.74, 6) is 0. The Labute approximate surface area is 98.6 Å². The Morgan fingerprint density at radius 1 is 1.25 bits per heavy atom. The van der Waals surface area contributed by atoms with Crippen molar-refractivity contribution in [3.8, 4) is 0 Å². The first kappa shape index (κ1) is 11.8. The van der Waals surface area contributed by atoms with Crippen LogP contribution in [-0.2, 0) is 0 Å². The van der Waals surface area contributed by atoms with Gasteiger partial charge in [0.1, 0.15) is 0 Å². The summed E-state index contributed by atoms with van der Waals surface area (Å²) in [5.41, 5.74) is 0.791. The van der Waals surface area contributed by atoms with Gasteiger partial charge in [0.25, 0.3) is 0 Å². The second-order valence-corrected chi connectivity index (χ2v) is 5.22. The van der Waals surface area contributed by atoms with Gasteiger partial charge in [-0.15, -0.1) is 0 Å². The minimum Gasteiger partial charge on any atom is -0.306 e. The molecule has 0 aromatic heterocycles. The Kier molecular flexibility index (Phi) is 3.77. The fraction of sp³-hybridized carbons (Fsp3) is 0.769. The molecule has 3 nitrogen and oxygen atoms in total. The van der Waals surface area contributed by atoms with Crippen LogP contribution in [0.1, 0.15) is 25.7 Å². The summed E-state index contributed by atoms with van der Waals surface area (Å²) in [6.45, 7) is 2.43. The standard InChI is InChI=1S/C13H23N3/c1-15(2)12-7-9-16(10-8-12)13-5-3-11(14)4-6-13/h3,5,12-14H,4,6-10H2,1-2H3. The molecule has 2 rings (SSSR count). The molecule has 1 heterocycles. The summed E-state index contributed by atoms with van der Waals surface area (Å²) in [6, 6.07) is 1.36. The smallest absolute Gasteiger partial charge is 0.0312 e. The molecule has 1 unspecified atom stereocenters. The highest BCUT2D eigenvalue weighted by Gasteiger charge is 2.25. The molecule has 0 amide bonds. The molecule has 1 N–H and O–H groups in total. The average molecular weight is 221 g/mol. The van der Waals surface area contributed by atoms with Crippen LogP contribution in [-0.4, -0.2) is 54.8 Å². The third kappa shape index (κ3) is 2.71. The Morgan fingerprint density at radius 3 is 2.44 bits per heavy atom. The Balaban J connectivity index is 1.85. The zero-order chi connectivity index (χ0) is 11.5. The third-order valence-corrected chi connectivity index (χ3v) is 3.93. The van der Waals surface area contributed by atoms with Gasteiger partial charge in [0, 0.05) is 30.9 Å². The molecule has 90 valence electrons. The van der Waals surface area contributed by atoms with E-state index in [4.69, 9.17) is 5.41 Å². The maximum Gasteiger partial charge on any atom is 0.0312 e. The van der Waals surface area contributed by atoms with E-state index < -0.39 is 0 Å². The fourth-order valence-corrected chi connectivity index (χ4v) is 2.75. The molecule has 1 aliphatic carbocycles. The van der Waals surface area contributed by atoms with Crippen molar-refractivity contribution in [1.82, 2.24) is 9.80 Å². The zero-order valence-corrected chi connectivity index (χ0v) is 10.4. The highest BCUT2D eigenvalue weighted by atomic mass is 15.2. The van der Waals surface area contributed by atoms with E-state index in [9.17, 15) is 0 Å². The van der Waals surface area contributed by atoms with Gasteiger partial charge in [0.15, 0.2) is 0 Å². The van der Waals surface area contributed by atoms with Gasteiger partial charge in [-0.2, -0.15) is 0 Å². The zero-order valence-electron chi connectivity index (χ0n) is 10.4. The lowest BCUT2D eigenvalue weighted by molar-refractivity contribution is 0.121. The molecular weight excluding hydrogens is 198 g/mol. The summed E-state index contributed by atoms with van der Waals surface area (Å²) in [4.78, 5) is 4.94.